The average molecular weight is 273 g/mol. The molecule has 0 fully saturated rings. The van der Waals surface area contributed by atoms with Crippen molar-refractivity contribution in [2.75, 3.05) is 13.2 Å². The zero-order valence-electron chi connectivity index (χ0n) is 9.56. The van der Waals surface area contributed by atoms with E-state index in [-0.39, 0.29) is 6.42 Å². The Kier molecular flexibility index (Phi) is 3.93. The molecule has 6 heteroatoms. The van der Waals surface area contributed by atoms with Gasteiger partial charge < -0.3 is 19.7 Å². The van der Waals surface area contributed by atoms with Crippen molar-refractivity contribution in [2.45, 2.75) is 18.9 Å². The van der Waals surface area contributed by atoms with E-state index >= 15 is 0 Å². The fourth-order valence-corrected chi connectivity index (χ4v) is 2.00. The lowest BCUT2D eigenvalue weighted by Crippen LogP contribution is -2.22. The first kappa shape index (κ1) is 13.0. The van der Waals surface area contributed by atoms with Crippen LogP contribution < -0.4 is 9.47 Å². The van der Waals surface area contributed by atoms with Gasteiger partial charge in [0.2, 0.25) is 0 Å². The number of aliphatic carboxylic acids is 1. The molecule has 0 saturated carbocycles. The summed E-state index contributed by atoms with van der Waals surface area (Å²) in [6, 6.07) is 3.24. The Labute approximate surface area is 109 Å². The van der Waals surface area contributed by atoms with Crippen molar-refractivity contribution in [1.82, 2.24) is 0 Å². The fraction of sp³-hybridized carbons (Fsp3) is 0.417. The van der Waals surface area contributed by atoms with Gasteiger partial charge in [-0.1, -0.05) is 11.6 Å². The highest BCUT2D eigenvalue weighted by Gasteiger charge is 2.19. The molecule has 0 spiro atoms. The minimum absolute atomic E-state index is 0.0221. The number of aliphatic hydroxyl groups is 1. The van der Waals surface area contributed by atoms with Gasteiger partial charge in [0.25, 0.3) is 0 Å². The quantitative estimate of drug-likeness (QED) is 0.872. The van der Waals surface area contributed by atoms with Gasteiger partial charge in [0.05, 0.1) is 18.2 Å². The van der Waals surface area contributed by atoms with Crippen LogP contribution in [0.4, 0.5) is 0 Å². The van der Waals surface area contributed by atoms with Gasteiger partial charge in [-0.2, -0.15) is 0 Å². The predicted octanol–water partition coefficient (Wildman–Crippen LogP) is 1.49. The maximum atomic E-state index is 10.6. The molecule has 5 nitrogen and oxygen atoms in total. The number of rotatable bonds is 3. The molecule has 1 unspecified atom stereocenters. The molecule has 0 radical (unpaired) electrons. The van der Waals surface area contributed by atoms with Gasteiger partial charge >= 0.3 is 5.97 Å². The average Bonchev–Trinajstić information content (AvgIpc) is 2.54. The fourth-order valence-electron chi connectivity index (χ4n) is 1.71. The lowest BCUT2D eigenvalue weighted by atomic mass is 10.1. The van der Waals surface area contributed by atoms with Gasteiger partial charge in [0.15, 0.2) is 17.6 Å². The van der Waals surface area contributed by atoms with Crippen LogP contribution in [0.25, 0.3) is 0 Å². The van der Waals surface area contributed by atoms with Crippen molar-refractivity contribution in [3.8, 4) is 11.5 Å². The summed E-state index contributed by atoms with van der Waals surface area (Å²) >= 11 is 6.05. The molecule has 2 rings (SSSR count). The summed E-state index contributed by atoms with van der Waals surface area (Å²) in [7, 11) is 0. The molecule has 1 aromatic rings. The first-order chi connectivity index (χ1) is 8.58. The lowest BCUT2D eigenvalue weighted by molar-refractivity contribution is -0.146. The van der Waals surface area contributed by atoms with Gasteiger partial charge in [-0.25, -0.2) is 4.79 Å². The van der Waals surface area contributed by atoms with E-state index in [1.807, 2.05) is 0 Å². The minimum atomic E-state index is -1.45. The molecule has 1 aliphatic rings. The Bertz CT molecular complexity index is 460. The monoisotopic (exact) mass is 272 g/mol. The molecule has 0 bridgehead atoms. The first-order valence-electron chi connectivity index (χ1n) is 5.57. The molecule has 1 aliphatic heterocycles. The van der Waals surface area contributed by atoms with Crippen LogP contribution in [-0.4, -0.2) is 35.5 Å². The van der Waals surface area contributed by atoms with Crippen molar-refractivity contribution in [3.05, 3.63) is 22.7 Å². The van der Waals surface area contributed by atoms with E-state index in [0.717, 1.165) is 6.42 Å². The van der Waals surface area contributed by atoms with Crippen molar-refractivity contribution < 1.29 is 24.5 Å². The second kappa shape index (κ2) is 5.46. The maximum Gasteiger partial charge on any atom is 0.332 e. The van der Waals surface area contributed by atoms with Crippen LogP contribution in [0.5, 0.6) is 11.5 Å². The Hall–Kier alpha value is -1.46. The standard InChI is InChI=1S/C12H13ClO5/c13-8-4-7(5-9(14)12(15)16)6-10-11(8)18-3-1-2-17-10/h4,6,9,14H,1-3,5H2,(H,15,16). The van der Waals surface area contributed by atoms with Crippen molar-refractivity contribution in [1.29, 1.82) is 0 Å². The number of benzene rings is 1. The van der Waals surface area contributed by atoms with E-state index in [2.05, 4.69) is 0 Å². The number of carboxylic acids is 1. The van der Waals surface area contributed by atoms with E-state index in [4.69, 9.17) is 26.2 Å². The molecular weight excluding hydrogens is 260 g/mol. The molecule has 1 heterocycles. The van der Waals surface area contributed by atoms with Crippen LogP contribution >= 0.6 is 11.6 Å². The lowest BCUT2D eigenvalue weighted by Gasteiger charge is -2.12. The van der Waals surface area contributed by atoms with Crippen LogP contribution in [0.3, 0.4) is 0 Å². The highest BCUT2D eigenvalue weighted by molar-refractivity contribution is 6.32. The van der Waals surface area contributed by atoms with Gasteiger partial charge in [-0.15, -0.1) is 0 Å². The highest BCUT2D eigenvalue weighted by Crippen LogP contribution is 2.38. The molecule has 0 amide bonds. The largest absolute Gasteiger partial charge is 0.489 e. The summed E-state index contributed by atoms with van der Waals surface area (Å²) in [5.41, 5.74) is 0.596. The van der Waals surface area contributed by atoms with Gasteiger partial charge in [-0.05, 0) is 17.7 Å². The Morgan fingerprint density at radius 3 is 2.83 bits per heavy atom. The zero-order valence-corrected chi connectivity index (χ0v) is 10.3. The van der Waals surface area contributed by atoms with E-state index in [1.54, 1.807) is 12.1 Å². The summed E-state index contributed by atoms with van der Waals surface area (Å²) in [5.74, 6) is -0.298. The Morgan fingerprint density at radius 1 is 1.39 bits per heavy atom. The number of hydrogen-bond acceptors (Lipinski definition) is 4. The topological polar surface area (TPSA) is 76.0 Å². The summed E-state index contributed by atoms with van der Waals surface area (Å²) in [4.78, 5) is 10.6. The molecule has 98 valence electrons. The number of fused-ring (bicyclic) bond motifs is 1. The van der Waals surface area contributed by atoms with Gasteiger partial charge in [0.1, 0.15) is 0 Å². The SMILES string of the molecule is O=C(O)C(O)Cc1cc(Cl)c2c(c1)OCCCO2. The third kappa shape index (κ3) is 2.86. The zero-order chi connectivity index (χ0) is 13.1. The highest BCUT2D eigenvalue weighted by atomic mass is 35.5. The third-order valence-corrected chi connectivity index (χ3v) is 2.86. The van der Waals surface area contributed by atoms with E-state index in [9.17, 15) is 9.90 Å². The molecule has 0 aromatic heterocycles. The molecular formula is C12H13ClO5. The van der Waals surface area contributed by atoms with Crippen LogP contribution in [0, 0.1) is 0 Å². The molecule has 1 atom stereocenters. The minimum Gasteiger partial charge on any atom is -0.489 e. The second-order valence-corrected chi connectivity index (χ2v) is 4.42. The Balaban J connectivity index is 2.26. The van der Waals surface area contributed by atoms with Gasteiger partial charge in [0, 0.05) is 12.8 Å². The molecule has 1 aromatic carbocycles. The molecule has 2 N–H and O–H groups in total. The third-order valence-electron chi connectivity index (χ3n) is 2.58. The second-order valence-electron chi connectivity index (χ2n) is 4.01. The summed E-state index contributed by atoms with van der Waals surface area (Å²) in [6.07, 6.45) is -0.713. The number of carboxylic acid groups (broad SMARTS) is 1. The first-order valence-corrected chi connectivity index (χ1v) is 5.94. The number of halogens is 1. The van der Waals surface area contributed by atoms with Crippen LogP contribution in [0.15, 0.2) is 12.1 Å². The van der Waals surface area contributed by atoms with Crippen LogP contribution in [0.1, 0.15) is 12.0 Å². The molecule has 0 saturated heterocycles. The van der Waals surface area contributed by atoms with Crippen molar-refractivity contribution in [3.63, 3.8) is 0 Å². The van der Waals surface area contributed by atoms with Crippen molar-refractivity contribution in [2.24, 2.45) is 0 Å². The van der Waals surface area contributed by atoms with E-state index in [0.29, 0.717) is 35.3 Å². The normalized spacial score (nSPS) is 15.9. The van der Waals surface area contributed by atoms with E-state index < -0.39 is 12.1 Å². The van der Waals surface area contributed by atoms with Crippen molar-refractivity contribution >= 4 is 17.6 Å². The molecule has 0 aliphatic carbocycles. The smallest absolute Gasteiger partial charge is 0.332 e. The Morgan fingerprint density at radius 2 is 2.11 bits per heavy atom. The van der Waals surface area contributed by atoms with Crippen LogP contribution in [-0.2, 0) is 11.2 Å². The number of aliphatic hydroxyl groups excluding tert-OH is 1. The van der Waals surface area contributed by atoms with E-state index in [1.165, 1.54) is 0 Å². The predicted molar refractivity (Wildman–Crippen MR) is 64.4 cm³/mol. The van der Waals surface area contributed by atoms with Crippen LogP contribution in [0.2, 0.25) is 5.02 Å². The van der Waals surface area contributed by atoms with Gasteiger partial charge in [-0.3, -0.25) is 0 Å². The summed E-state index contributed by atoms with van der Waals surface area (Å²) < 4.78 is 10.9. The number of ether oxygens (including phenoxy) is 2. The summed E-state index contributed by atoms with van der Waals surface area (Å²) in [5, 5.41) is 18.3. The number of carbonyl (C=O) groups is 1. The summed E-state index contributed by atoms with van der Waals surface area (Å²) in [6.45, 7) is 1.05. The number of hydrogen-bond donors (Lipinski definition) is 2. The molecule has 18 heavy (non-hydrogen) atoms. The maximum absolute atomic E-state index is 10.6.